The van der Waals surface area contributed by atoms with E-state index in [0.717, 1.165) is 0 Å². The van der Waals surface area contributed by atoms with Crippen molar-refractivity contribution in [2.45, 2.75) is 171 Å². The molecular formula is C46H67N9O27. The molecule has 19 N–H and O–H groups in total. The van der Waals surface area contributed by atoms with Gasteiger partial charge in [0.25, 0.3) is 0 Å². The monoisotopic (exact) mass is 1180 g/mol. The van der Waals surface area contributed by atoms with Gasteiger partial charge in [-0.15, -0.1) is 0 Å². The van der Waals surface area contributed by atoms with Gasteiger partial charge in [-0.05, 0) is 57.8 Å². The first-order valence-corrected chi connectivity index (χ1v) is 24.8. The van der Waals surface area contributed by atoms with Gasteiger partial charge in [0.15, 0.2) is 0 Å². The van der Waals surface area contributed by atoms with E-state index >= 15 is 0 Å². The molecule has 0 bridgehead atoms. The van der Waals surface area contributed by atoms with Crippen molar-refractivity contribution in [1.29, 1.82) is 0 Å². The predicted octanol–water partition coefficient (Wildman–Crippen LogP) is -5.23. The normalized spacial score (nSPS) is 14.0. The van der Waals surface area contributed by atoms with E-state index in [2.05, 4.69) is 16.0 Å². The molecule has 0 fully saturated rings. The van der Waals surface area contributed by atoms with Crippen LogP contribution in [0, 0.1) is 5.92 Å². The Morgan fingerprint density at radius 1 is 0.244 bits per heavy atom. The average Bonchev–Trinajstić information content (AvgIpc) is 3.37. The summed E-state index contributed by atoms with van der Waals surface area (Å²) in [7, 11) is 0. The fourth-order valence-corrected chi connectivity index (χ4v) is 6.88. The van der Waals surface area contributed by atoms with Crippen molar-refractivity contribution in [3.05, 3.63) is 0 Å². The molecule has 36 heteroatoms. The second-order valence-corrected chi connectivity index (χ2v) is 18.2. The Morgan fingerprint density at radius 3 is 0.500 bits per heavy atom. The molecule has 0 rings (SSSR count). The number of hydrogen-bond donors (Lipinski definition) is 18. The fourth-order valence-electron chi connectivity index (χ4n) is 6.88. The van der Waals surface area contributed by atoms with Crippen LogP contribution >= 0.6 is 0 Å². The first-order chi connectivity index (χ1) is 38.1. The summed E-state index contributed by atoms with van der Waals surface area (Å²) in [4.78, 5) is 216. The Bertz CT molecular complexity index is 2400. The van der Waals surface area contributed by atoms with Gasteiger partial charge in [0.05, 0.1) is 5.92 Å². The number of carbonyl (C=O) groups is 18. The third-order valence-electron chi connectivity index (χ3n) is 11.6. The summed E-state index contributed by atoms with van der Waals surface area (Å²) in [6.45, 7) is 1.33. The number of carboxylic acids is 9. The van der Waals surface area contributed by atoms with E-state index in [4.69, 9.17) is 10.8 Å². The van der Waals surface area contributed by atoms with Gasteiger partial charge in [-0.1, -0.05) is 6.92 Å². The Hall–Kier alpha value is -9.54. The molecule has 0 spiro atoms. The Balaban J connectivity index is 5.21. The zero-order valence-corrected chi connectivity index (χ0v) is 43.9. The van der Waals surface area contributed by atoms with Gasteiger partial charge in [0.2, 0.25) is 53.2 Å². The molecule has 36 nitrogen and oxygen atoms in total. The highest BCUT2D eigenvalue weighted by molar-refractivity contribution is 5.91. The maximum absolute atomic E-state index is 12.7. The van der Waals surface area contributed by atoms with Crippen LogP contribution in [-0.4, -0.2) is 201 Å². The largest absolute Gasteiger partial charge is 0.481 e. The molecule has 0 radical (unpaired) electrons. The Morgan fingerprint density at radius 2 is 0.378 bits per heavy atom. The van der Waals surface area contributed by atoms with Crippen LogP contribution in [0.25, 0.3) is 0 Å². The molecule has 0 aromatic carbocycles. The number of amides is 9. The van der Waals surface area contributed by atoms with Gasteiger partial charge < -0.3 is 94.2 Å². The lowest BCUT2D eigenvalue weighted by Gasteiger charge is -2.19. The molecule has 0 saturated heterocycles. The number of aliphatic carboxylic acids is 9. The quantitative estimate of drug-likeness (QED) is 0.0271. The van der Waals surface area contributed by atoms with Crippen LogP contribution in [0.1, 0.15) is 122 Å². The minimum Gasteiger partial charge on any atom is -0.481 e. The zero-order chi connectivity index (χ0) is 63.0. The summed E-state index contributed by atoms with van der Waals surface area (Å²) in [5, 5.41) is 102. The third-order valence-corrected chi connectivity index (χ3v) is 11.6. The maximum atomic E-state index is 12.7. The van der Waals surface area contributed by atoms with Crippen LogP contribution in [0.3, 0.4) is 0 Å². The van der Waals surface area contributed by atoms with E-state index in [1.54, 1.807) is 0 Å². The molecule has 0 heterocycles. The Kier molecular flexibility index (Phi) is 33.0. The van der Waals surface area contributed by atoms with Crippen LogP contribution in [-0.2, 0) is 86.3 Å². The van der Waals surface area contributed by atoms with E-state index < -0.39 is 251 Å². The van der Waals surface area contributed by atoms with Gasteiger partial charge in [-0.3, -0.25) is 47.9 Å². The lowest BCUT2D eigenvalue weighted by Crippen LogP contribution is -2.46. The molecule has 82 heavy (non-hydrogen) atoms. The molecular weight excluding hydrogens is 1110 g/mol. The van der Waals surface area contributed by atoms with Crippen LogP contribution in [0.5, 0.6) is 0 Å². The maximum Gasteiger partial charge on any atom is 0.326 e. The van der Waals surface area contributed by atoms with Gasteiger partial charge in [0.1, 0.15) is 48.3 Å². The Labute approximate surface area is 463 Å². The van der Waals surface area contributed by atoms with E-state index in [1.165, 1.54) is 6.92 Å². The second kappa shape index (κ2) is 37.4. The molecule has 0 saturated carbocycles. The number of nitrogens with one attached hydrogen (secondary N) is 8. The lowest BCUT2D eigenvalue weighted by atomic mass is 10.1. The molecule has 9 atom stereocenters. The number of primary amides is 1. The van der Waals surface area contributed by atoms with Gasteiger partial charge >= 0.3 is 53.7 Å². The summed E-state index contributed by atoms with van der Waals surface area (Å²) < 4.78 is 0. The third kappa shape index (κ3) is 31.8. The predicted molar refractivity (Wildman–Crippen MR) is 266 cm³/mol. The molecule has 0 aliphatic heterocycles. The minimum absolute atomic E-state index is 0.114. The summed E-state index contributed by atoms with van der Waals surface area (Å²) in [6.07, 6.45) is -10.6. The van der Waals surface area contributed by atoms with Crippen LogP contribution in [0.2, 0.25) is 0 Å². The number of nitrogens with two attached hydrogens (primary N) is 1. The minimum atomic E-state index is -1.84. The van der Waals surface area contributed by atoms with Crippen molar-refractivity contribution in [1.82, 2.24) is 42.5 Å². The van der Waals surface area contributed by atoms with Crippen LogP contribution in [0.4, 0.5) is 0 Å². The van der Waals surface area contributed by atoms with Crippen molar-refractivity contribution in [3.8, 4) is 0 Å². The van der Waals surface area contributed by atoms with Crippen molar-refractivity contribution in [3.63, 3.8) is 0 Å². The highest BCUT2D eigenvalue weighted by Gasteiger charge is 2.31. The van der Waals surface area contributed by atoms with Crippen LogP contribution in [0.15, 0.2) is 0 Å². The van der Waals surface area contributed by atoms with Crippen LogP contribution < -0.4 is 48.3 Å². The van der Waals surface area contributed by atoms with Crippen molar-refractivity contribution >= 4 is 107 Å². The molecule has 0 aromatic rings. The second-order valence-electron chi connectivity index (χ2n) is 18.2. The number of carbonyl (C=O) groups excluding carboxylic acids is 9. The zero-order valence-electron chi connectivity index (χ0n) is 43.9. The number of carboxylic acid groups (broad SMARTS) is 9. The van der Waals surface area contributed by atoms with E-state index in [9.17, 15) is 127 Å². The molecule has 0 aromatic heterocycles. The smallest absolute Gasteiger partial charge is 0.326 e. The number of hydrogen-bond acceptors (Lipinski definition) is 18. The highest BCUT2D eigenvalue weighted by atomic mass is 16.4. The summed E-state index contributed by atoms with van der Waals surface area (Å²) in [5.74, 6) is -24.3. The van der Waals surface area contributed by atoms with Gasteiger partial charge in [-0.25, -0.2) is 38.4 Å². The molecule has 0 aliphatic rings. The SMILES string of the molecule is CC(CCC(=O)NC(CCC(=O)NC(CCC(=O)NC(CCC(=O)NC(CCC(=O)NC(CCC(=O)NC(CCC(=O)NC(CCC(=O)NC(CCC(N)=O)C(=O)O)C(=O)O)C(=O)O)C(=O)O)C(=O)O)C(=O)O)C(=O)O)C(=O)O)C(=O)O. The molecule has 9 unspecified atom stereocenters. The summed E-state index contributed by atoms with van der Waals surface area (Å²) in [5.41, 5.74) is 4.98. The first kappa shape index (κ1) is 72.5. The van der Waals surface area contributed by atoms with E-state index in [-0.39, 0.29) is 25.7 Å². The summed E-state index contributed by atoms with van der Waals surface area (Å²) in [6, 6.07) is -13.9. The highest BCUT2D eigenvalue weighted by Crippen LogP contribution is 2.11. The van der Waals surface area contributed by atoms with Crippen molar-refractivity contribution in [2.24, 2.45) is 11.7 Å². The first-order valence-electron chi connectivity index (χ1n) is 24.8. The van der Waals surface area contributed by atoms with E-state index in [0.29, 0.717) is 0 Å². The fraction of sp³-hybridized carbons (Fsp3) is 0.609. The molecule has 9 amide bonds. The molecule has 0 aliphatic carbocycles. The van der Waals surface area contributed by atoms with Crippen molar-refractivity contribution < 1.29 is 132 Å². The van der Waals surface area contributed by atoms with Gasteiger partial charge in [-0.2, -0.15) is 0 Å². The van der Waals surface area contributed by atoms with Gasteiger partial charge in [0, 0.05) is 57.8 Å². The standard InChI is InChI=1S/C46H67N9O27/c1-20(38(65)66)2-12-30(57)49-22(40(69)70)4-14-32(59)51-24(42(73)74)6-16-34(61)53-26(44(77)78)8-18-36(63)55-28(46(81)82)10-19-37(64)54-27(45(79)80)9-17-35(62)52-25(43(75)76)7-15-33(60)50-23(41(71)72)5-13-31(58)48-21(39(67)68)3-11-29(47)56/h20-28H,2-19H2,1H3,(H2,47,56)(H,48,58)(H,49,57)(H,50,60)(H,51,59)(H,52,62)(H,53,61)(H,54,64)(H,55,63)(H,65,66)(H,67,68)(H,69,70)(H,71,72)(H,73,74)(H,75,76)(H,77,78)(H,79,80)(H,81,82). The topological polar surface area (TPSA) is 612 Å². The average molecular weight is 1180 g/mol. The van der Waals surface area contributed by atoms with Crippen molar-refractivity contribution in [2.75, 3.05) is 0 Å². The summed E-state index contributed by atoms with van der Waals surface area (Å²) >= 11 is 0. The van der Waals surface area contributed by atoms with E-state index in [1.807, 2.05) is 26.6 Å². The lowest BCUT2D eigenvalue weighted by molar-refractivity contribution is -0.144. The number of rotatable bonds is 44. The molecule has 458 valence electrons.